The molecule has 0 radical (unpaired) electrons. The van der Waals surface area contributed by atoms with Crippen LogP contribution in [0.4, 0.5) is 0 Å². The number of rotatable bonds is 3. The molecule has 7 aromatic rings. The first-order valence-electron chi connectivity index (χ1n) is 15.3. The van der Waals surface area contributed by atoms with Crippen LogP contribution in [-0.4, -0.2) is 4.98 Å². The number of benzene rings is 6. The smallest absolute Gasteiger partial charge is 0.172 e. The van der Waals surface area contributed by atoms with Crippen molar-refractivity contribution in [2.24, 2.45) is 0 Å². The Kier molecular flexibility index (Phi) is 5.72. The summed E-state index contributed by atoms with van der Waals surface area (Å²) in [5, 5.41) is 3.56. The summed E-state index contributed by atoms with van der Waals surface area (Å²) in [5.74, 6) is 0. The highest BCUT2D eigenvalue weighted by Crippen LogP contribution is 2.62. The van der Waals surface area contributed by atoms with Gasteiger partial charge in [0.05, 0.1) is 10.9 Å². The van der Waals surface area contributed by atoms with Crippen LogP contribution in [0.15, 0.2) is 170 Å². The second-order valence-electron chi connectivity index (χ2n) is 11.8. The van der Waals surface area contributed by atoms with Gasteiger partial charge in [0.2, 0.25) is 0 Å². The molecule has 0 saturated heterocycles. The predicted octanol–water partition coefficient (Wildman–Crippen LogP) is 8.49. The minimum atomic E-state index is -3.38. The Balaban J connectivity index is 1.49. The van der Waals surface area contributed by atoms with Crippen LogP contribution in [0.1, 0.15) is 33.4 Å². The molecule has 1 aromatic heterocycles. The van der Waals surface area contributed by atoms with Gasteiger partial charge in [-0.3, -0.25) is 4.98 Å². The average molecular weight is 594 g/mol. The van der Waals surface area contributed by atoms with E-state index in [1.165, 1.54) is 27.8 Å². The van der Waals surface area contributed by atoms with E-state index < -0.39 is 12.6 Å². The molecule has 1 aliphatic heterocycles. The van der Waals surface area contributed by atoms with Crippen molar-refractivity contribution < 1.29 is 4.57 Å². The number of hydrogen-bond acceptors (Lipinski definition) is 2. The highest BCUT2D eigenvalue weighted by atomic mass is 31.2. The topological polar surface area (TPSA) is 30.0 Å². The summed E-state index contributed by atoms with van der Waals surface area (Å²) >= 11 is 0. The van der Waals surface area contributed by atoms with Gasteiger partial charge in [-0.15, -0.1) is 0 Å². The molecule has 9 rings (SSSR count). The van der Waals surface area contributed by atoms with Crippen molar-refractivity contribution in [3.05, 3.63) is 203 Å². The summed E-state index contributed by atoms with van der Waals surface area (Å²) in [6, 6.07) is 57.4. The third kappa shape index (κ3) is 3.52. The molecule has 1 atom stereocenters. The van der Waals surface area contributed by atoms with Crippen molar-refractivity contribution in [2.45, 2.75) is 5.41 Å². The Labute approximate surface area is 262 Å². The number of allylic oxidation sites excluding steroid dienone is 1. The SMILES string of the molecule is O=P1(c2ccc3cccnc3c2)c2ccccc2C2=C(c3ccccc31)C(c1ccccc1)(c1ccccc1)c1ccccc12. The fourth-order valence-electron chi connectivity index (χ4n) is 7.82. The second-order valence-corrected chi connectivity index (χ2v) is 14.5. The molecule has 3 heteroatoms. The summed E-state index contributed by atoms with van der Waals surface area (Å²) in [5.41, 5.74) is 9.39. The predicted molar refractivity (Wildman–Crippen MR) is 186 cm³/mol. The first-order chi connectivity index (χ1) is 22.2. The highest BCUT2D eigenvalue weighted by Gasteiger charge is 2.52. The lowest BCUT2D eigenvalue weighted by Gasteiger charge is -2.37. The molecular weight excluding hydrogens is 565 g/mol. The van der Waals surface area contributed by atoms with Crippen LogP contribution in [0.25, 0.3) is 22.0 Å². The van der Waals surface area contributed by atoms with Crippen LogP contribution in [0.5, 0.6) is 0 Å². The Hall–Kier alpha value is -5.30. The number of fused-ring (bicyclic) bond motifs is 7. The molecule has 1 unspecified atom stereocenters. The monoisotopic (exact) mass is 593 g/mol. The summed E-state index contributed by atoms with van der Waals surface area (Å²) in [4.78, 5) is 4.66. The summed E-state index contributed by atoms with van der Waals surface area (Å²) < 4.78 is 16.3. The van der Waals surface area contributed by atoms with Crippen molar-refractivity contribution in [1.29, 1.82) is 0 Å². The number of pyridine rings is 1. The fourth-order valence-corrected chi connectivity index (χ4v) is 10.9. The summed E-state index contributed by atoms with van der Waals surface area (Å²) in [6.45, 7) is 0. The zero-order chi connectivity index (χ0) is 30.0. The van der Waals surface area contributed by atoms with E-state index in [4.69, 9.17) is 0 Å². The quantitative estimate of drug-likeness (QED) is 0.192. The largest absolute Gasteiger partial charge is 0.309 e. The first kappa shape index (κ1) is 26.1. The van der Waals surface area contributed by atoms with Gasteiger partial charge in [-0.1, -0.05) is 152 Å². The molecule has 6 aromatic carbocycles. The van der Waals surface area contributed by atoms with Gasteiger partial charge in [0, 0.05) is 27.5 Å². The van der Waals surface area contributed by atoms with Gasteiger partial charge < -0.3 is 4.57 Å². The van der Waals surface area contributed by atoms with Crippen molar-refractivity contribution in [3.63, 3.8) is 0 Å². The van der Waals surface area contributed by atoms with Gasteiger partial charge in [-0.05, 0) is 56.7 Å². The Morgan fingerprint density at radius 1 is 0.511 bits per heavy atom. The molecule has 212 valence electrons. The van der Waals surface area contributed by atoms with Gasteiger partial charge in [0.25, 0.3) is 0 Å². The van der Waals surface area contributed by atoms with Gasteiger partial charge in [-0.25, -0.2) is 0 Å². The maximum Gasteiger partial charge on any atom is 0.172 e. The molecular formula is C42H28NOP. The number of nitrogens with zero attached hydrogens (tertiary/aromatic N) is 1. The van der Waals surface area contributed by atoms with Gasteiger partial charge in [0.1, 0.15) is 0 Å². The fraction of sp³-hybridized carbons (Fsp3) is 0.0238. The van der Waals surface area contributed by atoms with E-state index in [1.54, 1.807) is 6.20 Å². The average Bonchev–Trinajstić information content (AvgIpc) is 3.38. The van der Waals surface area contributed by atoms with Crippen molar-refractivity contribution in [2.75, 3.05) is 0 Å². The molecule has 0 bridgehead atoms. The van der Waals surface area contributed by atoms with Crippen LogP contribution >= 0.6 is 7.14 Å². The molecule has 0 fully saturated rings. The standard InChI is InChI=1S/C42H28NOP/c44-45(32-26-25-29-14-13-27-43-37(29)28-32)38-23-11-8-20-34(38)40-33-19-7-10-22-36(33)42(30-15-3-1-4-16-30,31-17-5-2-6-18-31)41(40)35-21-9-12-24-39(35)45/h1-28H. The summed E-state index contributed by atoms with van der Waals surface area (Å²) in [6.07, 6.45) is 1.80. The van der Waals surface area contributed by atoms with Crippen LogP contribution in [0.3, 0.4) is 0 Å². The van der Waals surface area contributed by atoms with E-state index in [-0.39, 0.29) is 0 Å². The number of aromatic nitrogens is 1. The maximum absolute atomic E-state index is 16.3. The van der Waals surface area contributed by atoms with E-state index in [0.29, 0.717) is 0 Å². The van der Waals surface area contributed by atoms with Gasteiger partial charge >= 0.3 is 0 Å². The van der Waals surface area contributed by atoms with Crippen LogP contribution in [-0.2, 0) is 9.98 Å². The molecule has 1 aliphatic carbocycles. The zero-order valence-corrected chi connectivity index (χ0v) is 25.4. The third-order valence-electron chi connectivity index (χ3n) is 9.62. The molecule has 0 spiro atoms. The minimum absolute atomic E-state index is 0.627. The van der Waals surface area contributed by atoms with Crippen molar-refractivity contribution >= 4 is 45.1 Å². The van der Waals surface area contributed by atoms with Gasteiger partial charge in [0.15, 0.2) is 7.14 Å². The Morgan fingerprint density at radius 3 is 1.80 bits per heavy atom. The van der Waals surface area contributed by atoms with Crippen molar-refractivity contribution in [3.8, 4) is 0 Å². The lowest BCUT2D eigenvalue weighted by molar-refractivity contribution is 0.592. The lowest BCUT2D eigenvalue weighted by Crippen LogP contribution is -2.32. The van der Waals surface area contributed by atoms with E-state index in [2.05, 4.69) is 138 Å². The zero-order valence-electron chi connectivity index (χ0n) is 24.5. The normalized spacial score (nSPS) is 17.6. The van der Waals surface area contributed by atoms with E-state index >= 15 is 4.57 Å². The molecule has 2 aliphatic rings. The van der Waals surface area contributed by atoms with E-state index in [9.17, 15) is 0 Å². The van der Waals surface area contributed by atoms with E-state index in [1.807, 2.05) is 30.3 Å². The number of hydrogen-bond donors (Lipinski definition) is 0. The lowest BCUT2D eigenvalue weighted by atomic mass is 9.65. The molecule has 0 amide bonds. The Bertz CT molecular complexity index is 2320. The Morgan fingerprint density at radius 2 is 1.09 bits per heavy atom. The highest BCUT2D eigenvalue weighted by molar-refractivity contribution is 7.85. The molecule has 0 N–H and O–H groups in total. The second kappa shape index (κ2) is 9.86. The third-order valence-corrected chi connectivity index (χ3v) is 12.8. The minimum Gasteiger partial charge on any atom is -0.309 e. The molecule has 45 heavy (non-hydrogen) atoms. The van der Waals surface area contributed by atoms with Crippen LogP contribution in [0.2, 0.25) is 0 Å². The van der Waals surface area contributed by atoms with Crippen molar-refractivity contribution in [1.82, 2.24) is 4.98 Å². The first-order valence-corrected chi connectivity index (χ1v) is 17.0. The molecule has 0 saturated carbocycles. The summed E-state index contributed by atoms with van der Waals surface area (Å²) in [7, 11) is -3.38. The molecule has 2 nitrogen and oxygen atoms in total. The molecule has 2 heterocycles. The van der Waals surface area contributed by atoms with Gasteiger partial charge in [-0.2, -0.15) is 0 Å². The van der Waals surface area contributed by atoms with Crippen LogP contribution < -0.4 is 15.9 Å². The maximum atomic E-state index is 16.3. The van der Waals surface area contributed by atoms with E-state index in [0.717, 1.165) is 43.5 Å². The van der Waals surface area contributed by atoms with Crippen LogP contribution in [0, 0.1) is 0 Å².